The highest BCUT2D eigenvalue weighted by Crippen LogP contribution is 2.25. The average molecular weight is 472 g/mol. The molecule has 0 fully saturated rings. The van der Waals surface area contributed by atoms with Gasteiger partial charge in [-0.05, 0) is 47.9 Å². The van der Waals surface area contributed by atoms with Gasteiger partial charge in [0.05, 0.1) is 22.0 Å². The number of nitrogens with zero attached hydrogens (tertiary/aromatic N) is 3. The van der Waals surface area contributed by atoms with Crippen LogP contribution in [0.1, 0.15) is 46.9 Å². The molecule has 0 N–H and O–H groups in total. The molecule has 0 radical (unpaired) electrons. The first-order valence-corrected chi connectivity index (χ1v) is 12.6. The van der Waals surface area contributed by atoms with Crippen LogP contribution >= 0.6 is 11.8 Å². The van der Waals surface area contributed by atoms with Crippen molar-refractivity contribution in [3.63, 3.8) is 0 Å². The van der Waals surface area contributed by atoms with Crippen molar-refractivity contribution in [1.82, 2.24) is 14.5 Å². The summed E-state index contributed by atoms with van der Waals surface area (Å²) in [5.41, 5.74) is 1.61. The number of hydrogen-bond donors (Lipinski definition) is 0. The highest BCUT2D eigenvalue weighted by atomic mass is 32.2. The average Bonchev–Trinajstić information content (AvgIpc) is 3.10. The zero-order valence-electron chi connectivity index (χ0n) is 19.0. The highest BCUT2D eigenvalue weighted by Gasteiger charge is 2.34. The number of thioether (sulfide) groups is 1. The molecular formula is C27H25N3O3S. The van der Waals surface area contributed by atoms with Crippen LogP contribution in [-0.4, -0.2) is 38.6 Å². The molecule has 0 aliphatic carbocycles. The number of unbranched alkanes of at least 4 members (excludes halogenated alkanes) is 1. The van der Waals surface area contributed by atoms with Crippen molar-refractivity contribution in [3.8, 4) is 0 Å². The van der Waals surface area contributed by atoms with Crippen LogP contribution in [0.4, 0.5) is 0 Å². The van der Waals surface area contributed by atoms with Crippen LogP contribution in [0.15, 0.2) is 70.6 Å². The van der Waals surface area contributed by atoms with Gasteiger partial charge in [-0.15, -0.1) is 0 Å². The molecule has 5 rings (SSSR count). The molecule has 0 saturated carbocycles. The third kappa shape index (κ3) is 4.01. The van der Waals surface area contributed by atoms with Crippen LogP contribution < -0.4 is 5.56 Å². The molecule has 0 spiro atoms. The Kier molecular flexibility index (Phi) is 6.20. The van der Waals surface area contributed by atoms with E-state index in [4.69, 9.17) is 4.98 Å². The van der Waals surface area contributed by atoms with Crippen molar-refractivity contribution in [3.05, 3.63) is 82.1 Å². The van der Waals surface area contributed by atoms with E-state index < -0.39 is 0 Å². The fourth-order valence-electron chi connectivity index (χ4n) is 4.34. The number of aromatic nitrogens is 2. The van der Waals surface area contributed by atoms with Gasteiger partial charge in [-0.25, -0.2) is 4.98 Å². The fraction of sp³-hybridized carbons (Fsp3) is 0.259. The Balaban J connectivity index is 1.36. The molecule has 1 aliphatic heterocycles. The molecule has 4 aromatic rings. The van der Waals surface area contributed by atoms with Gasteiger partial charge >= 0.3 is 0 Å². The Morgan fingerprint density at radius 2 is 1.47 bits per heavy atom. The van der Waals surface area contributed by atoms with Crippen LogP contribution in [0, 0.1) is 0 Å². The lowest BCUT2D eigenvalue weighted by Gasteiger charge is -2.15. The predicted octanol–water partition coefficient (Wildman–Crippen LogP) is 5.13. The molecule has 172 valence electrons. The molecule has 0 bridgehead atoms. The summed E-state index contributed by atoms with van der Waals surface area (Å²) in [5, 5.41) is 3.39. The minimum Gasteiger partial charge on any atom is -0.287 e. The molecule has 0 atom stereocenters. The summed E-state index contributed by atoms with van der Waals surface area (Å²) in [6.45, 7) is 3.06. The second-order valence-corrected chi connectivity index (χ2v) is 9.49. The molecular weight excluding hydrogens is 446 g/mol. The molecule has 1 aromatic heterocycles. The quantitative estimate of drug-likeness (QED) is 0.117. The van der Waals surface area contributed by atoms with Crippen LogP contribution in [0.2, 0.25) is 0 Å². The number of rotatable bonds is 8. The Bertz CT molecular complexity index is 1440. The van der Waals surface area contributed by atoms with Gasteiger partial charge in [-0.1, -0.05) is 61.5 Å². The lowest BCUT2D eigenvalue weighted by atomic mass is 10.1. The van der Waals surface area contributed by atoms with Gasteiger partial charge in [0.1, 0.15) is 0 Å². The van der Waals surface area contributed by atoms with E-state index in [0.29, 0.717) is 52.4 Å². The topological polar surface area (TPSA) is 72.3 Å². The molecule has 34 heavy (non-hydrogen) atoms. The third-order valence-corrected chi connectivity index (χ3v) is 7.22. The van der Waals surface area contributed by atoms with Gasteiger partial charge < -0.3 is 0 Å². The zero-order chi connectivity index (χ0) is 23.7. The van der Waals surface area contributed by atoms with Crippen LogP contribution in [0.5, 0.6) is 0 Å². The highest BCUT2D eigenvalue weighted by molar-refractivity contribution is 7.99. The smallest absolute Gasteiger partial charge is 0.262 e. The first-order chi connectivity index (χ1) is 16.6. The van der Waals surface area contributed by atoms with E-state index in [1.54, 1.807) is 28.8 Å². The third-order valence-electron chi connectivity index (χ3n) is 6.16. The van der Waals surface area contributed by atoms with E-state index >= 15 is 0 Å². The van der Waals surface area contributed by atoms with E-state index in [1.807, 2.05) is 36.4 Å². The predicted molar refractivity (Wildman–Crippen MR) is 136 cm³/mol. The lowest BCUT2D eigenvalue weighted by molar-refractivity contribution is 0.0655. The summed E-state index contributed by atoms with van der Waals surface area (Å²) < 4.78 is 1.77. The van der Waals surface area contributed by atoms with Gasteiger partial charge in [-0.2, -0.15) is 0 Å². The fourth-order valence-corrected chi connectivity index (χ4v) is 5.29. The molecule has 1 aliphatic rings. The van der Waals surface area contributed by atoms with E-state index in [-0.39, 0.29) is 17.4 Å². The Labute approximate surface area is 201 Å². The monoisotopic (exact) mass is 471 g/mol. The summed E-state index contributed by atoms with van der Waals surface area (Å²) in [4.78, 5) is 44.7. The molecule has 7 heteroatoms. The SMILES string of the molecule is CCCCn1c(SCCCN2C(=O)c3ccccc3C2=O)nc2cc3ccccc3cc2c1=O. The first-order valence-electron chi connectivity index (χ1n) is 11.6. The molecule has 0 unspecified atom stereocenters. The summed E-state index contributed by atoms with van der Waals surface area (Å²) >= 11 is 1.50. The number of amides is 2. The van der Waals surface area contributed by atoms with Crippen molar-refractivity contribution < 1.29 is 9.59 Å². The van der Waals surface area contributed by atoms with Gasteiger partial charge in [-0.3, -0.25) is 23.9 Å². The Morgan fingerprint density at radius 3 is 2.15 bits per heavy atom. The van der Waals surface area contributed by atoms with Crippen molar-refractivity contribution >= 4 is 45.3 Å². The summed E-state index contributed by atoms with van der Waals surface area (Å²) in [6, 6.07) is 18.8. The first kappa shape index (κ1) is 22.3. The zero-order valence-corrected chi connectivity index (χ0v) is 19.8. The summed E-state index contributed by atoms with van der Waals surface area (Å²) in [5.74, 6) is 0.174. The second-order valence-electron chi connectivity index (χ2n) is 8.43. The number of carbonyl (C=O) groups excluding carboxylic acids is 2. The van der Waals surface area contributed by atoms with E-state index in [2.05, 4.69) is 6.92 Å². The number of hydrogen-bond acceptors (Lipinski definition) is 5. The number of imide groups is 1. The Hall–Kier alpha value is -3.45. The number of fused-ring (bicyclic) bond motifs is 3. The van der Waals surface area contributed by atoms with E-state index in [9.17, 15) is 14.4 Å². The number of carbonyl (C=O) groups is 2. The van der Waals surface area contributed by atoms with E-state index in [1.165, 1.54) is 16.7 Å². The van der Waals surface area contributed by atoms with Crippen LogP contribution in [-0.2, 0) is 6.54 Å². The Morgan fingerprint density at radius 1 is 0.824 bits per heavy atom. The van der Waals surface area contributed by atoms with Crippen molar-refractivity contribution in [2.24, 2.45) is 0 Å². The van der Waals surface area contributed by atoms with Gasteiger partial charge in [0.2, 0.25) is 0 Å². The normalized spacial score (nSPS) is 13.3. The molecule has 2 heterocycles. The van der Waals surface area contributed by atoms with Crippen LogP contribution in [0.3, 0.4) is 0 Å². The van der Waals surface area contributed by atoms with E-state index in [0.717, 1.165) is 23.6 Å². The minimum atomic E-state index is -0.235. The standard InChI is InChI=1S/C27H25N3O3S/c1-2-3-13-30-26(33)22-16-18-9-4-5-10-19(18)17-23(22)28-27(30)34-15-8-14-29-24(31)20-11-6-7-12-21(20)25(29)32/h4-7,9-12,16-17H,2-3,8,13-15H2,1H3. The molecule has 2 amide bonds. The molecule has 3 aromatic carbocycles. The summed E-state index contributed by atoms with van der Waals surface area (Å²) in [7, 11) is 0. The molecule has 0 saturated heterocycles. The van der Waals surface area contributed by atoms with Crippen molar-refractivity contribution in [2.75, 3.05) is 12.3 Å². The lowest BCUT2D eigenvalue weighted by Crippen LogP contribution is -2.31. The van der Waals surface area contributed by atoms with Crippen molar-refractivity contribution in [1.29, 1.82) is 0 Å². The minimum absolute atomic E-state index is 0.0212. The largest absolute Gasteiger partial charge is 0.287 e. The molecule has 6 nitrogen and oxygen atoms in total. The summed E-state index contributed by atoms with van der Waals surface area (Å²) in [6.07, 6.45) is 2.49. The van der Waals surface area contributed by atoms with Gasteiger partial charge in [0, 0.05) is 18.8 Å². The van der Waals surface area contributed by atoms with Gasteiger partial charge in [0.25, 0.3) is 17.4 Å². The second kappa shape index (κ2) is 9.43. The van der Waals surface area contributed by atoms with Crippen LogP contribution in [0.25, 0.3) is 21.7 Å². The maximum Gasteiger partial charge on any atom is 0.262 e. The maximum absolute atomic E-state index is 13.4. The number of benzene rings is 3. The van der Waals surface area contributed by atoms with Gasteiger partial charge in [0.15, 0.2) is 5.16 Å². The maximum atomic E-state index is 13.4. The van der Waals surface area contributed by atoms with Crippen molar-refractivity contribution in [2.45, 2.75) is 37.9 Å².